The largest absolute Gasteiger partial charge is 0.381 e. The van der Waals surface area contributed by atoms with Crippen LogP contribution in [0.4, 0.5) is 0 Å². The Bertz CT molecular complexity index is 85.2. The topological polar surface area (TPSA) is 3.24 Å². The molecule has 0 radical (unpaired) electrons. The quantitative estimate of drug-likeness (QED) is 0.539. The van der Waals surface area contributed by atoms with Gasteiger partial charge in [-0.25, -0.2) is 0 Å². The highest BCUT2D eigenvalue weighted by molar-refractivity contribution is 4.90. The summed E-state index contributed by atoms with van der Waals surface area (Å²) in [5.41, 5.74) is 0. The number of hydrogen-bond acceptors (Lipinski definition) is 1. The van der Waals surface area contributed by atoms with Gasteiger partial charge in [0, 0.05) is 13.6 Å². The monoisotopic (exact) mass is 171 g/mol. The third kappa shape index (κ3) is 7.64. The molecule has 0 aliphatic carbocycles. The van der Waals surface area contributed by atoms with E-state index in [4.69, 9.17) is 0 Å². The summed E-state index contributed by atoms with van der Waals surface area (Å²) in [6.45, 7) is 11.5. The Kier molecular flexibility index (Phi) is 12.4. The van der Waals surface area contributed by atoms with Crippen LogP contribution < -0.4 is 0 Å². The predicted molar refractivity (Wildman–Crippen MR) is 58.2 cm³/mol. The molecule has 0 N–H and O–H groups in total. The van der Waals surface area contributed by atoms with Gasteiger partial charge in [0.15, 0.2) is 0 Å². The lowest BCUT2D eigenvalue weighted by Crippen LogP contribution is -2.18. The van der Waals surface area contributed by atoms with Crippen LogP contribution in [-0.4, -0.2) is 18.5 Å². The molecule has 74 valence electrons. The first-order valence-electron chi connectivity index (χ1n) is 5.17. The Morgan fingerprint density at radius 1 is 1.17 bits per heavy atom. The lowest BCUT2D eigenvalue weighted by atomic mass is 10.1. The van der Waals surface area contributed by atoms with Crippen LogP contribution in [-0.2, 0) is 0 Å². The van der Waals surface area contributed by atoms with Gasteiger partial charge in [0.1, 0.15) is 0 Å². The minimum Gasteiger partial charge on any atom is -0.381 e. The molecule has 1 aliphatic heterocycles. The Morgan fingerprint density at radius 2 is 1.67 bits per heavy atom. The molecule has 0 aromatic rings. The number of nitrogens with zero attached hydrogens (tertiary/aromatic N) is 1. The van der Waals surface area contributed by atoms with Crippen LogP contribution >= 0.6 is 0 Å². The summed E-state index contributed by atoms with van der Waals surface area (Å²) < 4.78 is 0. The standard InChI is InChI=1S/C7H13N.2C2H6/c1-7-3-5-8(2)6-4-7;2*1-2/h3,5,7H,4,6H2,1-2H3;2*1-2H3. The van der Waals surface area contributed by atoms with E-state index in [1.54, 1.807) is 0 Å². The average molecular weight is 171 g/mol. The molecular weight excluding hydrogens is 146 g/mol. The van der Waals surface area contributed by atoms with E-state index >= 15 is 0 Å². The highest BCUT2D eigenvalue weighted by Crippen LogP contribution is 2.09. The molecule has 1 nitrogen and oxygen atoms in total. The van der Waals surface area contributed by atoms with E-state index in [1.807, 2.05) is 27.7 Å². The second kappa shape index (κ2) is 10.5. The van der Waals surface area contributed by atoms with Crippen molar-refractivity contribution in [1.82, 2.24) is 4.90 Å². The predicted octanol–water partition coefficient (Wildman–Crippen LogP) is 3.52. The van der Waals surface area contributed by atoms with Crippen molar-refractivity contribution in [2.24, 2.45) is 5.92 Å². The van der Waals surface area contributed by atoms with Gasteiger partial charge in [-0.2, -0.15) is 0 Å². The van der Waals surface area contributed by atoms with Crippen LogP contribution in [0.1, 0.15) is 41.0 Å². The first-order valence-corrected chi connectivity index (χ1v) is 5.17. The van der Waals surface area contributed by atoms with Crippen molar-refractivity contribution in [3.05, 3.63) is 12.3 Å². The molecule has 1 unspecified atom stereocenters. The summed E-state index contributed by atoms with van der Waals surface area (Å²) in [5, 5.41) is 0. The van der Waals surface area contributed by atoms with Crippen molar-refractivity contribution in [2.75, 3.05) is 13.6 Å². The molecule has 1 heterocycles. The molecular formula is C11H25N. The van der Waals surface area contributed by atoms with Crippen LogP contribution in [0.25, 0.3) is 0 Å². The smallest absolute Gasteiger partial charge is 0.0174 e. The van der Waals surface area contributed by atoms with Gasteiger partial charge >= 0.3 is 0 Å². The molecule has 1 atom stereocenters. The Balaban J connectivity index is 0. The van der Waals surface area contributed by atoms with Gasteiger partial charge in [-0.05, 0) is 18.5 Å². The van der Waals surface area contributed by atoms with Gasteiger partial charge in [-0.15, -0.1) is 0 Å². The van der Waals surface area contributed by atoms with E-state index in [1.165, 1.54) is 13.0 Å². The van der Waals surface area contributed by atoms with Crippen LogP contribution in [0.5, 0.6) is 0 Å². The van der Waals surface area contributed by atoms with Crippen LogP contribution in [0.15, 0.2) is 12.3 Å². The molecule has 0 amide bonds. The summed E-state index contributed by atoms with van der Waals surface area (Å²) in [7, 11) is 2.11. The van der Waals surface area contributed by atoms with Crippen molar-refractivity contribution >= 4 is 0 Å². The van der Waals surface area contributed by atoms with Crippen LogP contribution in [0.3, 0.4) is 0 Å². The molecule has 1 aliphatic rings. The van der Waals surface area contributed by atoms with E-state index in [2.05, 4.69) is 31.1 Å². The molecule has 0 aromatic heterocycles. The van der Waals surface area contributed by atoms with Crippen molar-refractivity contribution in [1.29, 1.82) is 0 Å². The molecule has 0 saturated carbocycles. The zero-order valence-electron chi connectivity index (χ0n) is 9.59. The fraction of sp³-hybridized carbons (Fsp3) is 0.818. The molecule has 0 fully saturated rings. The van der Waals surface area contributed by atoms with Gasteiger partial charge in [0.25, 0.3) is 0 Å². The summed E-state index contributed by atoms with van der Waals surface area (Å²) in [6, 6.07) is 0. The zero-order valence-corrected chi connectivity index (χ0v) is 9.59. The second-order valence-electron chi connectivity index (χ2n) is 2.59. The average Bonchev–Trinajstić information content (AvgIpc) is 2.17. The Hall–Kier alpha value is -0.460. The second-order valence-corrected chi connectivity index (χ2v) is 2.59. The van der Waals surface area contributed by atoms with Crippen molar-refractivity contribution in [3.63, 3.8) is 0 Å². The fourth-order valence-corrected chi connectivity index (χ4v) is 0.872. The lowest BCUT2D eigenvalue weighted by Gasteiger charge is -2.20. The minimum absolute atomic E-state index is 0.797. The maximum Gasteiger partial charge on any atom is 0.0174 e. The van der Waals surface area contributed by atoms with Crippen molar-refractivity contribution in [3.8, 4) is 0 Å². The lowest BCUT2D eigenvalue weighted by molar-refractivity contribution is 0.388. The van der Waals surface area contributed by atoms with Crippen molar-refractivity contribution < 1.29 is 0 Å². The summed E-state index contributed by atoms with van der Waals surface area (Å²) >= 11 is 0. The van der Waals surface area contributed by atoms with Gasteiger partial charge < -0.3 is 4.90 Å². The molecule has 1 heteroatoms. The maximum atomic E-state index is 2.25. The van der Waals surface area contributed by atoms with Gasteiger partial charge in [0.2, 0.25) is 0 Å². The van der Waals surface area contributed by atoms with E-state index in [-0.39, 0.29) is 0 Å². The minimum atomic E-state index is 0.797. The SMILES string of the molecule is CC.CC.CC1C=CN(C)CC1. The van der Waals surface area contributed by atoms with Gasteiger partial charge in [0.05, 0.1) is 0 Å². The van der Waals surface area contributed by atoms with Crippen LogP contribution in [0.2, 0.25) is 0 Å². The number of allylic oxidation sites excluding steroid dienone is 1. The van der Waals surface area contributed by atoms with E-state index in [9.17, 15) is 0 Å². The third-order valence-corrected chi connectivity index (χ3v) is 1.61. The summed E-state index contributed by atoms with van der Waals surface area (Å²) in [6.07, 6.45) is 5.73. The van der Waals surface area contributed by atoms with Crippen molar-refractivity contribution in [2.45, 2.75) is 41.0 Å². The van der Waals surface area contributed by atoms with Gasteiger partial charge in [-0.3, -0.25) is 0 Å². The fourth-order valence-electron chi connectivity index (χ4n) is 0.872. The molecule has 0 saturated heterocycles. The summed E-state index contributed by atoms with van der Waals surface area (Å²) in [5.74, 6) is 0.797. The Labute approximate surface area is 78.5 Å². The normalized spacial score (nSPS) is 20.2. The highest BCUT2D eigenvalue weighted by atomic mass is 15.1. The maximum absolute atomic E-state index is 2.25. The van der Waals surface area contributed by atoms with Crippen LogP contribution in [0, 0.1) is 5.92 Å². The zero-order chi connectivity index (χ0) is 9.98. The third-order valence-electron chi connectivity index (χ3n) is 1.61. The van der Waals surface area contributed by atoms with E-state index in [0.717, 1.165) is 5.92 Å². The van der Waals surface area contributed by atoms with E-state index in [0.29, 0.717) is 0 Å². The molecule has 0 bridgehead atoms. The first-order chi connectivity index (χ1) is 5.79. The molecule has 0 spiro atoms. The Morgan fingerprint density at radius 3 is 1.92 bits per heavy atom. The number of hydrogen-bond donors (Lipinski definition) is 0. The molecule has 12 heavy (non-hydrogen) atoms. The molecule has 0 aromatic carbocycles. The molecule has 1 rings (SSSR count). The van der Waals surface area contributed by atoms with Gasteiger partial charge in [-0.1, -0.05) is 40.7 Å². The number of rotatable bonds is 0. The highest BCUT2D eigenvalue weighted by Gasteiger charge is 2.03. The first kappa shape index (κ1) is 14.1. The summed E-state index contributed by atoms with van der Waals surface area (Å²) in [4.78, 5) is 2.22. The van der Waals surface area contributed by atoms with E-state index < -0.39 is 0 Å².